The summed E-state index contributed by atoms with van der Waals surface area (Å²) < 4.78 is 24.7. The topological polar surface area (TPSA) is 122 Å². The Hall–Kier alpha value is -4.15. The maximum absolute atomic E-state index is 13.9. The first-order valence-electron chi connectivity index (χ1n) is 11.6. The van der Waals surface area contributed by atoms with Crippen molar-refractivity contribution in [2.75, 3.05) is 25.2 Å². The normalized spacial score (nSPS) is 18.7. The highest BCUT2D eigenvalue weighted by molar-refractivity contribution is 6.38. The number of anilines is 1. The number of nitrogens with zero attached hydrogens (tertiary/aromatic N) is 4. The maximum Gasteiger partial charge on any atom is 0.306 e. The maximum atomic E-state index is 13.9. The molecule has 10 nitrogen and oxygen atoms in total. The lowest BCUT2D eigenvalue weighted by atomic mass is 10.1. The van der Waals surface area contributed by atoms with E-state index in [2.05, 4.69) is 20.5 Å². The molecule has 188 valence electrons. The molecule has 0 saturated heterocycles. The molecule has 2 atom stereocenters. The number of nitrogens with one attached hydrogen (secondary N) is 1. The molecule has 2 unspecified atom stereocenters. The van der Waals surface area contributed by atoms with Gasteiger partial charge in [0.2, 0.25) is 5.84 Å². The van der Waals surface area contributed by atoms with Gasteiger partial charge in [-0.05, 0) is 42.7 Å². The van der Waals surface area contributed by atoms with Crippen molar-refractivity contribution in [3.63, 3.8) is 0 Å². The van der Waals surface area contributed by atoms with Crippen LogP contribution in [-0.2, 0) is 32.0 Å². The second kappa shape index (κ2) is 11.1. The molecular weight excluding hydrogens is 469 g/mol. The van der Waals surface area contributed by atoms with E-state index in [1.165, 1.54) is 11.0 Å². The van der Waals surface area contributed by atoms with Gasteiger partial charge in [-0.15, -0.1) is 5.11 Å². The van der Waals surface area contributed by atoms with Crippen LogP contribution in [0.25, 0.3) is 0 Å². The molecule has 0 fully saturated rings. The van der Waals surface area contributed by atoms with Crippen molar-refractivity contribution in [2.45, 2.75) is 38.4 Å². The van der Waals surface area contributed by atoms with E-state index in [-0.39, 0.29) is 43.0 Å². The number of fused-ring (bicyclic) bond motifs is 1. The number of aliphatic imine (C=N–C) groups is 1. The molecule has 0 saturated carbocycles. The van der Waals surface area contributed by atoms with Gasteiger partial charge in [0.1, 0.15) is 24.2 Å². The van der Waals surface area contributed by atoms with Gasteiger partial charge in [0.25, 0.3) is 11.8 Å². The van der Waals surface area contributed by atoms with E-state index in [4.69, 9.17) is 9.47 Å². The number of esters is 1. The highest BCUT2D eigenvalue weighted by Gasteiger charge is 2.32. The summed E-state index contributed by atoms with van der Waals surface area (Å²) >= 11 is 0. The largest absolute Gasteiger partial charge is 0.489 e. The molecule has 4 rings (SSSR count). The number of halogens is 1. The van der Waals surface area contributed by atoms with Crippen molar-refractivity contribution in [1.82, 2.24) is 5.32 Å². The SMILES string of the molecule is CCOC(=O)CCc1ccc2c(c1)N(C)C(=O)C(NC(=O)C1=NC(Cc3ccccc3F)N=N1)CO2. The Morgan fingerprint density at radius 1 is 1.25 bits per heavy atom. The van der Waals surface area contributed by atoms with Crippen molar-refractivity contribution in [3.05, 3.63) is 59.4 Å². The Bertz CT molecular complexity index is 1230. The van der Waals surface area contributed by atoms with E-state index < -0.39 is 18.1 Å². The highest BCUT2D eigenvalue weighted by atomic mass is 19.1. The van der Waals surface area contributed by atoms with E-state index in [0.717, 1.165) is 5.56 Å². The molecular formula is C25H26FN5O5. The second-order valence-electron chi connectivity index (χ2n) is 8.29. The predicted octanol–water partition coefficient (Wildman–Crippen LogP) is 2.59. The van der Waals surface area contributed by atoms with Crippen LogP contribution in [0.4, 0.5) is 10.1 Å². The molecule has 0 spiro atoms. The van der Waals surface area contributed by atoms with Crippen LogP contribution in [-0.4, -0.2) is 56.1 Å². The van der Waals surface area contributed by atoms with Gasteiger partial charge in [0.05, 0.1) is 12.3 Å². The van der Waals surface area contributed by atoms with E-state index in [1.807, 2.05) is 6.07 Å². The van der Waals surface area contributed by atoms with Crippen molar-refractivity contribution < 1.29 is 28.2 Å². The number of rotatable bonds is 8. The number of hydrogen-bond donors (Lipinski definition) is 1. The van der Waals surface area contributed by atoms with Crippen LogP contribution >= 0.6 is 0 Å². The zero-order valence-corrected chi connectivity index (χ0v) is 19.9. The molecule has 2 amide bonds. The molecule has 36 heavy (non-hydrogen) atoms. The number of amidine groups is 1. The van der Waals surface area contributed by atoms with Gasteiger partial charge in [0, 0.05) is 19.9 Å². The lowest BCUT2D eigenvalue weighted by Crippen LogP contribution is -2.50. The van der Waals surface area contributed by atoms with Crippen LogP contribution in [0.5, 0.6) is 5.75 Å². The van der Waals surface area contributed by atoms with E-state index in [1.54, 1.807) is 44.3 Å². The van der Waals surface area contributed by atoms with Gasteiger partial charge in [-0.1, -0.05) is 24.3 Å². The van der Waals surface area contributed by atoms with Gasteiger partial charge in [-0.3, -0.25) is 14.4 Å². The van der Waals surface area contributed by atoms with Crippen LogP contribution in [0.1, 0.15) is 24.5 Å². The fourth-order valence-corrected chi connectivity index (χ4v) is 3.87. The minimum atomic E-state index is -0.985. The summed E-state index contributed by atoms with van der Waals surface area (Å²) in [6.07, 6.45) is 0.115. The monoisotopic (exact) mass is 495 g/mol. The number of carbonyl (C=O) groups excluding carboxylic acids is 3. The number of likely N-dealkylation sites (N-methyl/N-ethyl adjacent to an activating group) is 1. The second-order valence-corrected chi connectivity index (χ2v) is 8.29. The lowest BCUT2D eigenvalue weighted by molar-refractivity contribution is -0.143. The summed E-state index contributed by atoms with van der Waals surface area (Å²) in [6.45, 7) is 1.98. The van der Waals surface area contributed by atoms with Crippen LogP contribution in [0.3, 0.4) is 0 Å². The Morgan fingerprint density at radius 3 is 2.83 bits per heavy atom. The number of amides is 2. The smallest absolute Gasteiger partial charge is 0.306 e. The molecule has 1 N–H and O–H groups in total. The average molecular weight is 496 g/mol. The molecule has 0 aromatic heterocycles. The summed E-state index contributed by atoms with van der Waals surface area (Å²) in [5.74, 6) is -1.44. The van der Waals surface area contributed by atoms with E-state index in [0.29, 0.717) is 30.0 Å². The average Bonchev–Trinajstić information content (AvgIpc) is 3.31. The van der Waals surface area contributed by atoms with Crippen LogP contribution in [0.2, 0.25) is 0 Å². The van der Waals surface area contributed by atoms with Gasteiger partial charge in [0.15, 0.2) is 6.17 Å². The molecule has 2 heterocycles. The van der Waals surface area contributed by atoms with Crippen molar-refractivity contribution in [2.24, 2.45) is 15.2 Å². The zero-order valence-electron chi connectivity index (χ0n) is 19.9. The number of hydrogen-bond acceptors (Lipinski definition) is 8. The highest BCUT2D eigenvalue weighted by Crippen LogP contribution is 2.32. The molecule has 2 aromatic rings. The third-order valence-corrected chi connectivity index (χ3v) is 5.77. The first-order chi connectivity index (χ1) is 17.4. The number of aryl methyl sites for hydroxylation is 1. The first-order valence-corrected chi connectivity index (χ1v) is 11.6. The van der Waals surface area contributed by atoms with Gasteiger partial charge < -0.3 is 19.7 Å². The third kappa shape index (κ3) is 5.73. The molecule has 2 aromatic carbocycles. The fourth-order valence-electron chi connectivity index (χ4n) is 3.87. The standard InChI is InChI=1S/C25H26FN5O5/c1-3-35-22(32)11-9-15-8-10-20-19(12-15)31(2)25(34)18(14-36-20)27-24(33)23-28-21(29-30-23)13-16-6-4-5-7-17(16)26/h4-8,10,12,18,21H,3,9,11,13-14H2,1-2H3,(H,27,33). The molecule has 0 radical (unpaired) electrons. The molecule has 2 aliphatic rings. The summed E-state index contributed by atoms with van der Waals surface area (Å²) in [5.41, 5.74) is 1.79. The zero-order chi connectivity index (χ0) is 25.7. The number of benzene rings is 2. The Labute approximate surface area is 207 Å². The molecule has 2 aliphatic heterocycles. The number of azo groups is 1. The molecule has 0 aliphatic carbocycles. The Balaban J connectivity index is 1.39. The first kappa shape index (κ1) is 25.0. The summed E-state index contributed by atoms with van der Waals surface area (Å²) in [7, 11) is 1.58. The van der Waals surface area contributed by atoms with Crippen molar-refractivity contribution >= 4 is 29.3 Å². The Kier molecular flexibility index (Phi) is 7.67. The minimum Gasteiger partial charge on any atom is -0.489 e. The molecule has 0 bridgehead atoms. The van der Waals surface area contributed by atoms with Crippen molar-refractivity contribution in [1.29, 1.82) is 0 Å². The lowest BCUT2D eigenvalue weighted by Gasteiger charge is -2.20. The quantitative estimate of drug-likeness (QED) is 0.564. The van der Waals surface area contributed by atoms with E-state index in [9.17, 15) is 18.8 Å². The summed E-state index contributed by atoms with van der Waals surface area (Å²) in [5, 5.41) is 10.4. The fraction of sp³-hybridized carbons (Fsp3) is 0.360. The summed E-state index contributed by atoms with van der Waals surface area (Å²) in [6, 6.07) is 10.6. The minimum absolute atomic E-state index is 0.0901. The van der Waals surface area contributed by atoms with Crippen molar-refractivity contribution in [3.8, 4) is 5.75 Å². The third-order valence-electron chi connectivity index (χ3n) is 5.77. The van der Waals surface area contributed by atoms with E-state index >= 15 is 0 Å². The van der Waals surface area contributed by atoms with Crippen LogP contribution in [0.15, 0.2) is 57.7 Å². The van der Waals surface area contributed by atoms with Gasteiger partial charge in [-0.25, -0.2) is 9.38 Å². The van der Waals surface area contributed by atoms with Crippen LogP contribution in [0, 0.1) is 5.82 Å². The van der Waals surface area contributed by atoms with Crippen LogP contribution < -0.4 is 15.0 Å². The Morgan fingerprint density at radius 2 is 2.06 bits per heavy atom. The van der Waals surface area contributed by atoms with Gasteiger partial charge in [-0.2, -0.15) is 5.11 Å². The number of ether oxygens (including phenoxy) is 2. The van der Waals surface area contributed by atoms with Gasteiger partial charge >= 0.3 is 5.97 Å². The predicted molar refractivity (Wildman–Crippen MR) is 128 cm³/mol. The summed E-state index contributed by atoms with van der Waals surface area (Å²) in [4.78, 5) is 43.0. The number of carbonyl (C=O) groups is 3. The molecule has 11 heteroatoms.